The first-order valence-corrected chi connectivity index (χ1v) is 12.0. The Bertz CT molecular complexity index is 1160. The molecule has 0 aliphatic carbocycles. The molecule has 1 aliphatic heterocycles. The first kappa shape index (κ1) is 24.6. The molecule has 0 aromatic heterocycles. The van der Waals surface area contributed by atoms with Gasteiger partial charge in [0.1, 0.15) is 0 Å². The molecule has 0 saturated carbocycles. The second-order valence-electron chi connectivity index (χ2n) is 7.39. The monoisotopic (exact) mass is 495 g/mol. The van der Waals surface area contributed by atoms with Crippen LogP contribution in [0.4, 0.5) is 11.4 Å². The Labute approximate surface area is 195 Å². The van der Waals surface area contributed by atoms with Crippen LogP contribution in [0.15, 0.2) is 47.4 Å². The van der Waals surface area contributed by atoms with Crippen molar-refractivity contribution in [3.63, 3.8) is 0 Å². The molecule has 1 heterocycles. The molecule has 2 aromatic carbocycles. The van der Waals surface area contributed by atoms with Crippen LogP contribution < -0.4 is 5.32 Å². The summed E-state index contributed by atoms with van der Waals surface area (Å²) in [7, 11) is -3.69. The highest BCUT2D eigenvalue weighted by atomic mass is 35.5. The van der Waals surface area contributed by atoms with Crippen LogP contribution in [-0.4, -0.2) is 49.2 Å². The number of esters is 1. The van der Waals surface area contributed by atoms with Gasteiger partial charge in [-0.2, -0.15) is 4.31 Å². The van der Waals surface area contributed by atoms with Gasteiger partial charge in [0.25, 0.3) is 11.6 Å². The molecule has 0 spiro atoms. The third-order valence-corrected chi connectivity index (χ3v) is 7.26. The number of halogens is 1. The van der Waals surface area contributed by atoms with E-state index in [0.717, 1.165) is 37.8 Å². The minimum Gasteiger partial charge on any atom is -0.452 e. The highest BCUT2D eigenvalue weighted by Gasteiger charge is 2.25. The average molecular weight is 496 g/mol. The molecule has 0 atom stereocenters. The van der Waals surface area contributed by atoms with Crippen LogP contribution in [-0.2, 0) is 19.6 Å². The lowest BCUT2D eigenvalue weighted by Gasteiger charge is -2.20. The third kappa shape index (κ3) is 6.28. The van der Waals surface area contributed by atoms with Crippen LogP contribution in [0.25, 0.3) is 0 Å². The molecule has 2 aromatic rings. The van der Waals surface area contributed by atoms with E-state index in [2.05, 4.69) is 5.32 Å². The van der Waals surface area contributed by atoms with Crippen molar-refractivity contribution < 1.29 is 27.7 Å². The molecule has 1 aliphatic rings. The maximum absolute atomic E-state index is 12.9. The molecular formula is C21H22ClN3O7S. The quantitative estimate of drug-likeness (QED) is 0.352. The number of nitrogens with one attached hydrogen (secondary N) is 1. The smallest absolute Gasteiger partial charge is 0.340 e. The van der Waals surface area contributed by atoms with Crippen molar-refractivity contribution in [3.05, 3.63) is 63.2 Å². The second kappa shape index (κ2) is 10.7. The molecule has 3 rings (SSSR count). The number of hydrogen-bond donors (Lipinski definition) is 1. The number of hydrogen-bond acceptors (Lipinski definition) is 7. The lowest BCUT2D eigenvalue weighted by Crippen LogP contribution is -2.32. The summed E-state index contributed by atoms with van der Waals surface area (Å²) in [6.07, 6.45) is 3.58. The minimum atomic E-state index is -3.69. The molecule has 10 nitrogen and oxygen atoms in total. The van der Waals surface area contributed by atoms with Gasteiger partial charge in [-0.25, -0.2) is 13.2 Å². The predicted molar refractivity (Wildman–Crippen MR) is 121 cm³/mol. The van der Waals surface area contributed by atoms with E-state index in [0.29, 0.717) is 13.1 Å². The van der Waals surface area contributed by atoms with E-state index in [9.17, 15) is 28.1 Å². The van der Waals surface area contributed by atoms with Gasteiger partial charge in [0.15, 0.2) is 6.61 Å². The fourth-order valence-electron chi connectivity index (χ4n) is 3.35. The Hall–Kier alpha value is -3.02. The Morgan fingerprint density at radius 2 is 1.79 bits per heavy atom. The number of rotatable bonds is 7. The Kier molecular flexibility index (Phi) is 8.01. The van der Waals surface area contributed by atoms with E-state index < -0.39 is 33.4 Å². The molecule has 33 heavy (non-hydrogen) atoms. The van der Waals surface area contributed by atoms with Crippen LogP contribution >= 0.6 is 11.6 Å². The summed E-state index contributed by atoms with van der Waals surface area (Å²) >= 11 is 5.89. The Morgan fingerprint density at radius 3 is 2.45 bits per heavy atom. The number of non-ortho nitro benzene ring substituents is 1. The highest BCUT2D eigenvalue weighted by molar-refractivity contribution is 7.89. The van der Waals surface area contributed by atoms with Crippen LogP contribution in [0.1, 0.15) is 36.0 Å². The summed E-state index contributed by atoms with van der Waals surface area (Å²) in [6.45, 7) is 0.213. The zero-order valence-corrected chi connectivity index (χ0v) is 19.1. The molecule has 1 fully saturated rings. The van der Waals surface area contributed by atoms with Crippen LogP contribution in [0.3, 0.4) is 0 Å². The normalized spacial score (nSPS) is 14.8. The SMILES string of the molecule is O=C(COC(=O)c1cc([N+](=O)[O-])ccc1Cl)Nc1cccc(S(=O)(=O)N2CCCCCC2)c1. The highest BCUT2D eigenvalue weighted by Crippen LogP contribution is 2.24. The number of benzene rings is 2. The molecule has 12 heteroatoms. The maximum Gasteiger partial charge on any atom is 0.340 e. The number of anilines is 1. The van der Waals surface area contributed by atoms with Crippen molar-refractivity contribution in [1.82, 2.24) is 4.31 Å². The molecular weight excluding hydrogens is 474 g/mol. The summed E-state index contributed by atoms with van der Waals surface area (Å²) in [5.41, 5.74) is -0.372. The number of carbonyl (C=O) groups is 2. The lowest BCUT2D eigenvalue weighted by molar-refractivity contribution is -0.384. The number of carbonyl (C=O) groups excluding carboxylic acids is 2. The first-order chi connectivity index (χ1) is 15.7. The van der Waals surface area contributed by atoms with Gasteiger partial charge in [-0.1, -0.05) is 30.5 Å². The number of ether oxygens (including phenoxy) is 1. The van der Waals surface area contributed by atoms with Gasteiger partial charge in [-0.05, 0) is 37.1 Å². The Balaban J connectivity index is 1.64. The Morgan fingerprint density at radius 1 is 1.09 bits per heavy atom. The van der Waals surface area contributed by atoms with Crippen molar-refractivity contribution in [2.24, 2.45) is 0 Å². The minimum absolute atomic E-state index is 0.0579. The van der Waals surface area contributed by atoms with Crippen LogP contribution in [0, 0.1) is 10.1 Å². The van der Waals surface area contributed by atoms with Crippen molar-refractivity contribution in [2.45, 2.75) is 30.6 Å². The number of nitro groups is 1. The fourth-order valence-corrected chi connectivity index (χ4v) is 5.11. The molecule has 176 valence electrons. The van der Waals surface area contributed by atoms with Gasteiger partial charge in [0, 0.05) is 30.9 Å². The van der Waals surface area contributed by atoms with Gasteiger partial charge in [-0.3, -0.25) is 14.9 Å². The zero-order chi connectivity index (χ0) is 24.0. The van der Waals surface area contributed by atoms with Crippen molar-refractivity contribution in [1.29, 1.82) is 0 Å². The predicted octanol–water partition coefficient (Wildman–Crippen LogP) is 3.61. The third-order valence-electron chi connectivity index (χ3n) is 5.04. The van der Waals surface area contributed by atoms with Gasteiger partial charge < -0.3 is 10.1 Å². The summed E-state index contributed by atoms with van der Waals surface area (Å²) in [4.78, 5) is 34.7. The molecule has 1 N–H and O–H groups in total. The summed E-state index contributed by atoms with van der Waals surface area (Å²) in [5, 5.41) is 13.3. The van der Waals surface area contributed by atoms with E-state index in [-0.39, 0.29) is 26.9 Å². The topological polar surface area (TPSA) is 136 Å². The summed E-state index contributed by atoms with van der Waals surface area (Å²) in [6, 6.07) is 9.11. The van der Waals surface area contributed by atoms with E-state index in [4.69, 9.17) is 16.3 Å². The van der Waals surface area contributed by atoms with Crippen molar-refractivity contribution >= 4 is 44.9 Å². The van der Waals surface area contributed by atoms with Gasteiger partial charge in [0.2, 0.25) is 10.0 Å². The van der Waals surface area contributed by atoms with Crippen LogP contribution in [0.2, 0.25) is 5.02 Å². The van der Waals surface area contributed by atoms with E-state index in [1.807, 2.05) is 0 Å². The molecule has 0 bridgehead atoms. The van der Waals surface area contributed by atoms with Crippen molar-refractivity contribution in [2.75, 3.05) is 25.0 Å². The number of sulfonamides is 1. The van der Waals surface area contributed by atoms with E-state index >= 15 is 0 Å². The number of nitrogens with zero attached hydrogens (tertiary/aromatic N) is 2. The molecule has 0 radical (unpaired) electrons. The van der Waals surface area contributed by atoms with Gasteiger partial charge >= 0.3 is 5.97 Å². The van der Waals surface area contributed by atoms with E-state index in [1.54, 1.807) is 0 Å². The van der Waals surface area contributed by atoms with Gasteiger partial charge in [0.05, 0.1) is 20.4 Å². The molecule has 1 amide bonds. The largest absolute Gasteiger partial charge is 0.452 e. The molecule has 1 saturated heterocycles. The van der Waals surface area contributed by atoms with E-state index in [1.165, 1.54) is 34.6 Å². The zero-order valence-electron chi connectivity index (χ0n) is 17.5. The average Bonchev–Trinajstić information content (AvgIpc) is 3.08. The van der Waals surface area contributed by atoms with Crippen LogP contribution in [0.5, 0.6) is 0 Å². The van der Waals surface area contributed by atoms with Gasteiger partial charge in [-0.15, -0.1) is 0 Å². The fraction of sp³-hybridized carbons (Fsp3) is 0.333. The second-order valence-corrected chi connectivity index (χ2v) is 9.74. The first-order valence-electron chi connectivity index (χ1n) is 10.2. The number of amides is 1. The standard InChI is InChI=1S/C21H22ClN3O7S/c22-19-9-8-16(25(28)29)13-18(19)21(27)32-14-20(26)23-15-6-5-7-17(12-15)33(30,31)24-10-3-1-2-4-11-24/h5-9,12-13H,1-4,10-11,14H2,(H,23,26). The molecule has 0 unspecified atom stereocenters. The maximum atomic E-state index is 12.9. The summed E-state index contributed by atoms with van der Waals surface area (Å²) < 4.78 is 32.2. The van der Waals surface area contributed by atoms with Crippen molar-refractivity contribution in [3.8, 4) is 0 Å². The number of nitro benzene ring substituents is 1. The lowest BCUT2D eigenvalue weighted by atomic mass is 10.2. The summed E-state index contributed by atoms with van der Waals surface area (Å²) in [5.74, 6) is -1.72.